The maximum atomic E-state index is 6.02. The van der Waals surface area contributed by atoms with Crippen molar-refractivity contribution in [3.05, 3.63) is 71.3 Å². The summed E-state index contributed by atoms with van der Waals surface area (Å²) in [5.41, 5.74) is 4.48. The predicted molar refractivity (Wildman–Crippen MR) is 111 cm³/mol. The van der Waals surface area contributed by atoms with Crippen molar-refractivity contribution in [3.8, 4) is 16.9 Å². The Balaban J connectivity index is 1.75. The average Bonchev–Trinajstić information content (AvgIpc) is 2.73. The molecule has 7 heteroatoms. The van der Waals surface area contributed by atoms with Crippen molar-refractivity contribution >= 4 is 28.3 Å². The topological polar surface area (TPSA) is 72.8 Å². The summed E-state index contributed by atoms with van der Waals surface area (Å²) in [7, 11) is 1.64. The van der Waals surface area contributed by atoms with Gasteiger partial charge in [0.1, 0.15) is 23.4 Å². The molecule has 4 rings (SSSR count). The first-order valence-electron chi connectivity index (χ1n) is 8.76. The van der Waals surface area contributed by atoms with Gasteiger partial charge in [0.15, 0.2) is 0 Å². The lowest BCUT2D eigenvalue weighted by atomic mass is 10.0. The van der Waals surface area contributed by atoms with Crippen molar-refractivity contribution < 1.29 is 4.74 Å². The van der Waals surface area contributed by atoms with Crippen LogP contribution in [0.25, 0.3) is 22.0 Å². The van der Waals surface area contributed by atoms with E-state index in [2.05, 4.69) is 25.5 Å². The minimum absolute atomic E-state index is 0.507. The molecule has 0 aliphatic carbocycles. The van der Waals surface area contributed by atoms with Crippen LogP contribution in [0.4, 0.5) is 5.82 Å². The Morgan fingerprint density at radius 2 is 1.79 bits per heavy atom. The first-order chi connectivity index (χ1) is 13.6. The largest absolute Gasteiger partial charge is 0.494 e. The predicted octanol–water partition coefficient (Wildman–Crippen LogP) is 4.67. The SMILES string of the molecule is COc1cc(-c2ccc(Cl)cc2)cc2c(NCc3ccc(C)nn3)ncnc12. The molecular weight excluding hydrogens is 374 g/mol. The second kappa shape index (κ2) is 7.78. The van der Waals surface area contributed by atoms with Gasteiger partial charge in [0, 0.05) is 10.4 Å². The summed E-state index contributed by atoms with van der Waals surface area (Å²) in [4.78, 5) is 8.82. The number of anilines is 1. The van der Waals surface area contributed by atoms with E-state index in [4.69, 9.17) is 16.3 Å². The van der Waals surface area contributed by atoms with Gasteiger partial charge >= 0.3 is 0 Å². The van der Waals surface area contributed by atoms with Crippen LogP contribution >= 0.6 is 11.6 Å². The van der Waals surface area contributed by atoms with Gasteiger partial charge in [-0.2, -0.15) is 10.2 Å². The highest BCUT2D eigenvalue weighted by molar-refractivity contribution is 6.30. The molecule has 0 saturated carbocycles. The Morgan fingerprint density at radius 1 is 0.964 bits per heavy atom. The van der Waals surface area contributed by atoms with Gasteiger partial charge in [-0.15, -0.1) is 0 Å². The van der Waals surface area contributed by atoms with Gasteiger partial charge in [0.25, 0.3) is 0 Å². The van der Waals surface area contributed by atoms with Gasteiger partial charge < -0.3 is 10.1 Å². The van der Waals surface area contributed by atoms with Gasteiger partial charge in [-0.05, 0) is 54.4 Å². The van der Waals surface area contributed by atoms with Crippen LogP contribution in [0.1, 0.15) is 11.4 Å². The second-order valence-electron chi connectivity index (χ2n) is 6.32. The third-order valence-electron chi connectivity index (χ3n) is 4.39. The summed E-state index contributed by atoms with van der Waals surface area (Å²) in [6.45, 7) is 2.42. The van der Waals surface area contributed by atoms with Crippen molar-refractivity contribution in [2.75, 3.05) is 12.4 Å². The number of rotatable bonds is 5. The molecule has 2 aromatic carbocycles. The molecule has 0 aliphatic heterocycles. The molecule has 0 atom stereocenters. The number of ether oxygens (including phenoxy) is 1. The third-order valence-corrected chi connectivity index (χ3v) is 4.64. The molecule has 0 bridgehead atoms. The normalized spacial score (nSPS) is 10.8. The molecule has 2 heterocycles. The van der Waals surface area contributed by atoms with Gasteiger partial charge in [-0.25, -0.2) is 9.97 Å². The van der Waals surface area contributed by atoms with Crippen LogP contribution in [-0.4, -0.2) is 27.3 Å². The average molecular weight is 392 g/mol. The van der Waals surface area contributed by atoms with E-state index < -0.39 is 0 Å². The van der Waals surface area contributed by atoms with Crippen LogP contribution < -0.4 is 10.1 Å². The smallest absolute Gasteiger partial charge is 0.145 e. The molecule has 4 aromatic rings. The van der Waals surface area contributed by atoms with Crippen molar-refractivity contribution in [1.29, 1.82) is 0 Å². The summed E-state index contributed by atoms with van der Waals surface area (Å²) in [6, 6.07) is 15.6. The number of nitrogens with one attached hydrogen (secondary N) is 1. The van der Waals surface area contributed by atoms with Crippen LogP contribution in [0.15, 0.2) is 54.9 Å². The van der Waals surface area contributed by atoms with E-state index in [0.29, 0.717) is 23.1 Å². The third kappa shape index (κ3) is 3.73. The van der Waals surface area contributed by atoms with E-state index in [-0.39, 0.29) is 0 Å². The van der Waals surface area contributed by atoms with Crippen LogP contribution in [-0.2, 0) is 6.54 Å². The number of methoxy groups -OCH3 is 1. The molecule has 140 valence electrons. The molecule has 0 amide bonds. The summed E-state index contributed by atoms with van der Waals surface area (Å²) in [5, 5.41) is 13.2. The first kappa shape index (κ1) is 18.1. The van der Waals surface area contributed by atoms with Crippen LogP contribution in [0.3, 0.4) is 0 Å². The number of benzene rings is 2. The fourth-order valence-electron chi connectivity index (χ4n) is 2.94. The van der Waals surface area contributed by atoms with Crippen LogP contribution in [0.5, 0.6) is 5.75 Å². The Bertz CT molecular complexity index is 1110. The first-order valence-corrected chi connectivity index (χ1v) is 9.13. The van der Waals surface area contributed by atoms with Crippen molar-refractivity contribution in [2.24, 2.45) is 0 Å². The number of halogens is 1. The zero-order valence-electron chi connectivity index (χ0n) is 15.5. The number of hydrogen-bond acceptors (Lipinski definition) is 6. The molecule has 28 heavy (non-hydrogen) atoms. The van der Waals surface area contributed by atoms with Crippen molar-refractivity contribution in [1.82, 2.24) is 20.2 Å². The molecule has 0 spiro atoms. The monoisotopic (exact) mass is 391 g/mol. The molecule has 1 N–H and O–H groups in total. The number of nitrogens with zero attached hydrogens (tertiary/aromatic N) is 4. The van der Waals surface area contributed by atoms with Gasteiger partial charge in [0.2, 0.25) is 0 Å². The van der Waals surface area contributed by atoms with Crippen molar-refractivity contribution in [3.63, 3.8) is 0 Å². The van der Waals surface area contributed by atoms with Crippen LogP contribution in [0.2, 0.25) is 5.02 Å². The number of hydrogen-bond donors (Lipinski definition) is 1. The van der Waals surface area contributed by atoms with E-state index in [1.165, 1.54) is 6.33 Å². The Labute approximate surface area is 167 Å². The zero-order valence-corrected chi connectivity index (χ0v) is 16.2. The zero-order chi connectivity index (χ0) is 19.5. The Hall–Kier alpha value is -3.25. The minimum atomic E-state index is 0.507. The second-order valence-corrected chi connectivity index (χ2v) is 6.76. The number of fused-ring (bicyclic) bond motifs is 1. The van der Waals surface area contributed by atoms with E-state index in [0.717, 1.165) is 33.4 Å². The fraction of sp³-hybridized carbons (Fsp3) is 0.143. The van der Waals surface area contributed by atoms with Gasteiger partial charge in [0.05, 0.1) is 25.0 Å². The molecule has 0 radical (unpaired) electrons. The lowest BCUT2D eigenvalue weighted by Crippen LogP contribution is -2.05. The lowest BCUT2D eigenvalue weighted by molar-refractivity contribution is 0.419. The van der Waals surface area contributed by atoms with Crippen LogP contribution in [0, 0.1) is 6.92 Å². The summed E-state index contributed by atoms with van der Waals surface area (Å²) >= 11 is 6.02. The van der Waals surface area contributed by atoms with Gasteiger partial charge in [-0.3, -0.25) is 0 Å². The standard InChI is InChI=1S/C21H18ClN5O/c1-13-3-8-17(27-26-13)11-23-21-18-9-15(14-4-6-16(22)7-5-14)10-19(28-2)20(18)24-12-25-21/h3-10,12H,11H2,1-2H3,(H,23,24,25). The molecule has 2 aromatic heterocycles. The van der Waals surface area contributed by atoms with Crippen molar-refractivity contribution in [2.45, 2.75) is 13.5 Å². The molecule has 0 aliphatic rings. The fourth-order valence-corrected chi connectivity index (χ4v) is 3.06. The quantitative estimate of drug-likeness (QED) is 0.533. The summed E-state index contributed by atoms with van der Waals surface area (Å²) in [5.74, 6) is 1.39. The maximum absolute atomic E-state index is 6.02. The van der Waals surface area contributed by atoms with E-state index in [1.54, 1.807) is 7.11 Å². The molecular formula is C21H18ClN5O. The number of aryl methyl sites for hydroxylation is 1. The van der Waals surface area contributed by atoms with E-state index >= 15 is 0 Å². The lowest BCUT2D eigenvalue weighted by Gasteiger charge is -2.12. The summed E-state index contributed by atoms with van der Waals surface area (Å²) < 4.78 is 5.58. The molecule has 0 saturated heterocycles. The van der Waals surface area contributed by atoms with E-state index in [1.807, 2.05) is 55.5 Å². The van der Waals surface area contributed by atoms with E-state index in [9.17, 15) is 0 Å². The molecule has 0 unspecified atom stereocenters. The highest BCUT2D eigenvalue weighted by Gasteiger charge is 2.12. The molecule has 0 fully saturated rings. The highest BCUT2D eigenvalue weighted by atomic mass is 35.5. The maximum Gasteiger partial charge on any atom is 0.145 e. The Kier molecular flexibility index (Phi) is 5.04. The Morgan fingerprint density at radius 3 is 2.50 bits per heavy atom. The van der Waals surface area contributed by atoms with Gasteiger partial charge in [-0.1, -0.05) is 23.7 Å². The highest BCUT2D eigenvalue weighted by Crippen LogP contribution is 2.34. The summed E-state index contributed by atoms with van der Waals surface area (Å²) in [6.07, 6.45) is 1.52. The number of aromatic nitrogens is 4. The molecule has 6 nitrogen and oxygen atoms in total. The minimum Gasteiger partial charge on any atom is -0.494 e.